The standard InChI is InChI=1S/C13H11ClFNO2S/c14-10-2-1-8(5-11(10)15)13(18)16-6-12(17)9-3-4-19-7-9/h1-5,7,12,17H,6H2,(H,16,18). The molecule has 1 atom stereocenters. The number of aliphatic hydroxyl groups is 1. The summed E-state index contributed by atoms with van der Waals surface area (Å²) in [5, 5.41) is 16.0. The van der Waals surface area contributed by atoms with Gasteiger partial charge in [0, 0.05) is 12.1 Å². The number of benzene rings is 1. The average Bonchev–Trinajstić information content (AvgIpc) is 2.92. The summed E-state index contributed by atoms with van der Waals surface area (Å²) in [5.41, 5.74) is 0.909. The molecule has 0 fully saturated rings. The number of carbonyl (C=O) groups excluding carboxylic acids is 1. The van der Waals surface area contributed by atoms with E-state index in [9.17, 15) is 14.3 Å². The number of thiophene rings is 1. The van der Waals surface area contributed by atoms with E-state index >= 15 is 0 Å². The van der Waals surface area contributed by atoms with Crippen LogP contribution in [-0.4, -0.2) is 17.6 Å². The van der Waals surface area contributed by atoms with Gasteiger partial charge in [-0.15, -0.1) is 0 Å². The molecule has 1 aromatic heterocycles. The molecule has 0 bridgehead atoms. The summed E-state index contributed by atoms with van der Waals surface area (Å²) in [4.78, 5) is 11.8. The van der Waals surface area contributed by atoms with Crippen LogP contribution in [0.3, 0.4) is 0 Å². The molecule has 6 heteroatoms. The molecule has 2 rings (SSSR count). The largest absolute Gasteiger partial charge is 0.387 e. The molecule has 19 heavy (non-hydrogen) atoms. The van der Waals surface area contributed by atoms with Crippen molar-refractivity contribution in [1.29, 1.82) is 0 Å². The maximum absolute atomic E-state index is 13.2. The Bertz CT molecular complexity index is 574. The minimum Gasteiger partial charge on any atom is -0.387 e. The fraction of sp³-hybridized carbons (Fsp3) is 0.154. The van der Waals surface area contributed by atoms with Crippen molar-refractivity contribution in [3.05, 3.63) is 57.0 Å². The van der Waals surface area contributed by atoms with E-state index in [1.165, 1.54) is 23.5 Å². The number of aliphatic hydroxyl groups excluding tert-OH is 1. The van der Waals surface area contributed by atoms with Crippen LogP contribution in [-0.2, 0) is 0 Å². The SMILES string of the molecule is O=C(NCC(O)c1ccsc1)c1ccc(Cl)c(F)c1. The fourth-order valence-electron chi connectivity index (χ4n) is 1.51. The van der Waals surface area contributed by atoms with Gasteiger partial charge in [-0.3, -0.25) is 4.79 Å². The molecule has 2 N–H and O–H groups in total. The van der Waals surface area contributed by atoms with Gasteiger partial charge in [0.15, 0.2) is 0 Å². The monoisotopic (exact) mass is 299 g/mol. The van der Waals surface area contributed by atoms with Crippen LogP contribution in [0.5, 0.6) is 0 Å². The molecule has 0 saturated carbocycles. The molecule has 0 aliphatic carbocycles. The lowest BCUT2D eigenvalue weighted by molar-refractivity contribution is 0.0916. The Balaban J connectivity index is 1.96. The van der Waals surface area contributed by atoms with Gasteiger partial charge < -0.3 is 10.4 Å². The van der Waals surface area contributed by atoms with Crippen LogP contribution < -0.4 is 5.32 Å². The minimum atomic E-state index is -0.771. The summed E-state index contributed by atoms with van der Waals surface area (Å²) in [6, 6.07) is 5.59. The fourth-order valence-corrected chi connectivity index (χ4v) is 2.34. The normalized spacial score (nSPS) is 12.2. The zero-order valence-electron chi connectivity index (χ0n) is 9.77. The third-order valence-corrected chi connectivity index (χ3v) is 3.57. The Morgan fingerprint density at radius 1 is 1.47 bits per heavy atom. The number of amides is 1. The Hall–Kier alpha value is -1.43. The summed E-state index contributed by atoms with van der Waals surface area (Å²) in [6.45, 7) is 0.0693. The first-order valence-electron chi connectivity index (χ1n) is 5.51. The third-order valence-electron chi connectivity index (χ3n) is 2.57. The highest BCUT2D eigenvalue weighted by Crippen LogP contribution is 2.17. The van der Waals surface area contributed by atoms with Crippen LogP contribution >= 0.6 is 22.9 Å². The first kappa shape index (κ1) is 14.0. The lowest BCUT2D eigenvalue weighted by Crippen LogP contribution is -2.28. The smallest absolute Gasteiger partial charge is 0.251 e. The van der Waals surface area contributed by atoms with Gasteiger partial charge in [-0.05, 0) is 40.6 Å². The van der Waals surface area contributed by atoms with Crippen LogP contribution in [0.4, 0.5) is 4.39 Å². The van der Waals surface area contributed by atoms with Gasteiger partial charge >= 0.3 is 0 Å². The number of hydrogen-bond donors (Lipinski definition) is 2. The molecule has 0 spiro atoms. The van der Waals surface area contributed by atoms with Crippen molar-refractivity contribution < 1.29 is 14.3 Å². The van der Waals surface area contributed by atoms with Crippen LogP contribution in [0, 0.1) is 5.82 Å². The number of rotatable bonds is 4. The number of nitrogens with one attached hydrogen (secondary N) is 1. The van der Waals surface area contributed by atoms with Gasteiger partial charge in [0.25, 0.3) is 5.91 Å². The van der Waals surface area contributed by atoms with Crippen molar-refractivity contribution in [3.63, 3.8) is 0 Å². The highest BCUT2D eigenvalue weighted by molar-refractivity contribution is 7.07. The van der Waals surface area contributed by atoms with Gasteiger partial charge in [-0.1, -0.05) is 11.6 Å². The van der Waals surface area contributed by atoms with E-state index in [1.54, 1.807) is 11.4 Å². The van der Waals surface area contributed by atoms with E-state index in [1.807, 2.05) is 5.38 Å². The summed E-state index contributed by atoms with van der Waals surface area (Å²) >= 11 is 7.00. The van der Waals surface area contributed by atoms with Crippen molar-refractivity contribution in [2.45, 2.75) is 6.10 Å². The molecule has 100 valence electrons. The van der Waals surface area contributed by atoms with E-state index in [0.717, 1.165) is 11.6 Å². The Morgan fingerprint density at radius 2 is 2.26 bits per heavy atom. The maximum Gasteiger partial charge on any atom is 0.251 e. The van der Waals surface area contributed by atoms with Crippen molar-refractivity contribution in [1.82, 2.24) is 5.32 Å². The molecule has 1 amide bonds. The van der Waals surface area contributed by atoms with E-state index in [-0.39, 0.29) is 17.1 Å². The number of hydrogen-bond acceptors (Lipinski definition) is 3. The molecular formula is C13H11ClFNO2S. The van der Waals surface area contributed by atoms with Gasteiger partial charge in [0.1, 0.15) is 5.82 Å². The van der Waals surface area contributed by atoms with E-state index in [4.69, 9.17) is 11.6 Å². The molecule has 1 unspecified atom stereocenters. The highest BCUT2D eigenvalue weighted by Gasteiger charge is 2.12. The van der Waals surface area contributed by atoms with Crippen molar-refractivity contribution >= 4 is 28.8 Å². The van der Waals surface area contributed by atoms with E-state index in [2.05, 4.69) is 5.32 Å². The van der Waals surface area contributed by atoms with Crippen LogP contribution in [0.2, 0.25) is 5.02 Å². The quantitative estimate of drug-likeness (QED) is 0.912. The molecule has 1 heterocycles. The molecule has 3 nitrogen and oxygen atoms in total. The summed E-state index contributed by atoms with van der Waals surface area (Å²) < 4.78 is 13.2. The Morgan fingerprint density at radius 3 is 2.89 bits per heavy atom. The summed E-state index contributed by atoms with van der Waals surface area (Å²) in [6.07, 6.45) is -0.771. The predicted octanol–water partition coefficient (Wildman–Crippen LogP) is 3.00. The van der Waals surface area contributed by atoms with Crippen molar-refractivity contribution in [2.24, 2.45) is 0 Å². The zero-order valence-corrected chi connectivity index (χ0v) is 11.3. The molecule has 0 aliphatic heterocycles. The topological polar surface area (TPSA) is 49.3 Å². The molecule has 1 aromatic carbocycles. The van der Waals surface area contributed by atoms with E-state index in [0.29, 0.717) is 0 Å². The lowest BCUT2D eigenvalue weighted by Gasteiger charge is -2.10. The van der Waals surface area contributed by atoms with Crippen LogP contribution in [0.25, 0.3) is 0 Å². The molecule has 2 aromatic rings. The highest BCUT2D eigenvalue weighted by atomic mass is 35.5. The van der Waals surface area contributed by atoms with Gasteiger partial charge in [-0.2, -0.15) is 11.3 Å². The predicted molar refractivity (Wildman–Crippen MR) is 73.0 cm³/mol. The summed E-state index contributed by atoms with van der Waals surface area (Å²) in [5.74, 6) is -1.10. The van der Waals surface area contributed by atoms with E-state index < -0.39 is 17.8 Å². The second-order valence-electron chi connectivity index (χ2n) is 3.91. The second-order valence-corrected chi connectivity index (χ2v) is 5.10. The molecule has 0 radical (unpaired) electrons. The third kappa shape index (κ3) is 3.53. The summed E-state index contributed by atoms with van der Waals surface area (Å²) in [7, 11) is 0. The Kier molecular flexibility index (Phi) is 4.52. The number of carbonyl (C=O) groups is 1. The van der Waals surface area contributed by atoms with Crippen molar-refractivity contribution in [3.8, 4) is 0 Å². The van der Waals surface area contributed by atoms with Gasteiger partial charge in [0.2, 0.25) is 0 Å². The maximum atomic E-state index is 13.2. The lowest BCUT2D eigenvalue weighted by atomic mass is 10.1. The first-order valence-corrected chi connectivity index (χ1v) is 6.83. The zero-order chi connectivity index (χ0) is 13.8. The minimum absolute atomic E-state index is 0.0325. The van der Waals surface area contributed by atoms with Crippen LogP contribution in [0.15, 0.2) is 35.0 Å². The van der Waals surface area contributed by atoms with Gasteiger partial charge in [-0.25, -0.2) is 4.39 Å². The average molecular weight is 300 g/mol. The second kappa shape index (κ2) is 6.14. The molecular weight excluding hydrogens is 289 g/mol. The molecule has 0 aliphatic rings. The van der Waals surface area contributed by atoms with Crippen LogP contribution in [0.1, 0.15) is 22.0 Å². The van der Waals surface area contributed by atoms with Gasteiger partial charge in [0.05, 0.1) is 11.1 Å². The molecule has 0 saturated heterocycles. The first-order chi connectivity index (χ1) is 9.08. The van der Waals surface area contributed by atoms with Crippen molar-refractivity contribution in [2.75, 3.05) is 6.54 Å². The number of halogens is 2. The Labute approximate surface area is 118 Å².